The molecule has 0 spiro atoms. The van der Waals surface area contributed by atoms with Gasteiger partial charge in [-0.25, -0.2) is 4.79 Å². The number of benzene rings is 1. The first-order valence-corrected chi connectivity index (χ1v) is 8.21. The summed E-state index contributed by atoms with van der Waals surface area (Å²) in [7, 11) is 0. The second-order valence-corrected chi connectivity index (χ2v) is 5.48. The lowest BCUT2D eigenvalue weighted by Gasteiger charge is -2.13. The van der Waals surface area contributed by atoms with Crippen LogP contribution in [0, 0.1) is 0 Å². The number of urea groups is 1. The Morgan fingerprint density at radius 1 is 1.12 bits per heavy atom. The highest BCUT2D eigenvalue weighted by Crippen LogP contribution is 2.17. The summed E-state index contributed by atoms with van der Waals surface area (Å²) in [6, 6.07) is 10.0. The monoisotopic (exact) mass is 345 g/mol. The molecule has 2 rings (SSSR count). The molecule has 0 unspecified atom stereocenters. The zero-order chi connectivity index (χ0) is 18.1. The van der Waals surface area contributed by atoms with Crippen LogP contribution in [0.2, 0.25) is 0 Å². The smallest absolute Gasteiger partial charge is 0.319 e. The molecule has 1 atom stereocenters. The third-order valence-electron chi connectivity index (χ3n) is 3.47. The summed E-state index contributed by atoms with van der Waals surface area (Å²) in [5, 5.41) is 8.02. The molecule has 134 valence electrons. The summed E-state index contributed by atoms with van der Waals surface area (Å²) >= 11 is 0. The molecule has 7 nitrogen and oxygen atoms in total. The average Bonchev–Trinajstić information content (AvgIpc) is 3.15. The molecule has 0 bridgehead atoms. The Bertz CT molecular complexity index is 668. The van der Waals surface area contributed by atoms with Crippen LogP contribution in [0.5, 0.6) is 5.75 Å². The molecule has 0 aliphatic carbocycles. The fourth-order valence-electron chi connectivity index (χ4n) is 1.95. The highest BCUT2D eigenvalue weighted by molar-refractivity contribution is 5.91. The van der Waals surface area contributed by atoms with Crippen molar-refractivity contribution in [3.63, 3.8) is 0 Å². The number of anilines is 1. The van der Waals surface area contributed by atoms with Crippen molar-refractivity contribution in [1.82, 2.24) is 10.6 Å². The van der Waals surface area contributed by atoms with Crippen molar-refractivity contribution < 1.29 is 18.7 Å². The Balaban J connectivity index is 1.67. The van der Waals surface area contributed by atoms with Crippen molar-refractivity contribution in [2.75, 3.05) is 18.4 Å². The first kappa shape index (κ1) is 18.4. The van der Waals surface area contributed by atoms with E-state index in [0.717, 1.165) is 12.2 Å². The summed E-state index contributed by atoms with van der Waals surface area (Å²) in [6.45, 7) is 4.66. The van der Waals surface area contributed by atoms with Gasteiger partial charge < -0.3 is 25.1 Å². The molecule has 1 aromatic carbocycles. The van der Waals surface area contributed by atoms with E-state index in [4.69, 9.17) is 9.15 Å². The first-order chi connectivity index (χ1) is 12.1. The van der Waals surface area contributed by atoms with Crippen molar-refractivity contribution in [3.05, 3.63) is 48.4 Å². The molecule has 0 aliphatic heterocycles. The van der Waals surface area contributed by atoms with Gasteiger partial charge in [0.1, 0.15) is 5.75 Å². The minimum absolute atomic E-state index is 0.151. The van der Waals surface area contributed by atoms with Gasteiger partial charge in [0.25, 0.3) is 5.91 Å². The quantitative estimate of drug-likeness (QED) is 0.641. The third kappa shape index (κ3) is 6.21. The highest BCUT2D eigenvalue weighted by Gasteiger charge is 2.07. The highest BCUT2D eigenvalue weighted by atomic mass is 16.5. The predicted octanol–water partition coefficient (Wildman–Crippen LogP) is 3.01. The Morgan fingerprint density at radius 2 is 1.84 bits per heavy atom. The molecule has 0 saturated carbocycles. The molecular weight excluding hydrogens is 322 g/mol. The molecular formula is C18H23N3O4. The standard InChI is InChI=1S/C18H23N3O4/c1-3-13(2)25-15-8-6-14(7-9-15)21-18(23)20-11-10-19-17(22)16-5-4-12-24-16/h4-9,12-13H,3,10-11H2,1-2H3,(H,19,22)(H2,20,21,23)/t13-/m1/s1. The molecule has 0 aliphatic rings. The Hall–Kier alpha value is -2.96. The second-order valence-electron chi connectivity index (χ2n) is 5.48. The number of rotatable bonds is 8. The molecule has 0 fully saturated rings. The second kappa shape index (κ2) is 9.36. The molecule has 3 amide bonds. The summed E-state index contributed by atoms with van der Waals surface area (Å²) < 4.78 is 10.7. The normalized spacial score (nSPS) is 11.4. The minimum Gasteiger partial charge on any atom is -0.491 e. The van der Waals surface area contributed by atoms with Crippen LogP contribution in [0.1, 0.15) is 30.8 Å². The molecule has 1 aromatic heterocycles. The van der Waals surface area contributed by atoms with Crippen LogP contribution in [0.25, 0.3) is 0 Å². The number of carbonyl (C=O) groups is 2. The third-order valence-corrected chi connectivity index (χ3v) is 3.47. The number of nitrogens with one attached hydrogen (secondary N) is 3. The van der Waals surface area contributed by atoms with Gasteiger partial charge in [-0.2, -0.15) is 0 Å². The van der Waals surface area contributed by atoms with E-state index in [2.05, 4.69) is 22.9 Å². The SMILES string of the molecule is CC[C@@H](C)Oc1ccc(NC(=O)NCCNC(=O)c2ccco2)cc1. The Kier molecular flexibility index (Phi) is 6.88. The van der Waals surface area contributed by atoms with Crippen molar-refractivity contribution >= 4 is 17.6 Å². The minimum atomic E-state index is -0.345. The lowest BCUT2D eigenvalue weighted by atomic mass is 10.3. The lowest BCUT2D eigenvalue weighted by Crippen LogP contribution is -2.36. The zero-order valence-corrected chi connectivity index (χ0v) is 14.4. The number of hydrogen-bond donors (Lipinski definition) is 3. The fourth-order valence-corrected chi connectivity index (χ4v) is 1.95. The number of hydrogen-bond acceptors (Lipinski definition) is 4. The van der Waals surface area contributed by atoms with Crippen LogP contribution in [0.15, 0.2) is 47.1 Å². The van der Waals surface area contributed by atoms with Gasteiger partial charge in [-0.15, -0.1) is 0 Å². The van der Waals surface area contributed by atoms with Crippen LogP contribution in [0.4, 0.5) is 10.5 Å². The van der Waals surface area contributed by atoms with E-state index in [1.165, 1.54) is 6.26 Å². The van der Waals surface area contributed by atoms with Gasteiger partial charge in [-0.1, -0.05) is 6.92 Å². The molecule has 7 heteroatoms. The van der Waals surface area contributed by atoms with E-state index in [0.29, 0.717) is 18.8 Å². The van der Waals surface area contributed by atoms with Crippen molar-refractivity contribution in [3.8, 4) is 5.75 Å². The molecule has 0 radical (unpaired) electrons. The molecule has 1 heterocycles. The lowest BCUT2D eigenvalue weighted by molar-refractivity contribution is 0.0926. The van der Waals surface area contributed by atoms with Crippen LogP contribution >= 0.6 is 0 Å². The van der Waals surface area contributed by atoms with Crippen LogP contribution in [-0.4, -0.2) is 31.1 Å². The predicted molar refractivity (Wildman–Crippen MR) is 94.9 cm³/mol. The maximum atomic E-state index is 11.8. The average molecular weight is 345 g/mol. The molecule has 3 N–H and O–H groups in total. The maximum absolute atomic E-state index is 11.8. The largest absolute Gasteiger partial charge is 0.491 e. The van der Waals surface area contributed by atoms with Crippen LogP contribution in [-0.2, 0) is 0 Å². The van der Waals surface area contributed by atoms with E-state index < -0.39 is 0 Å². The van der Waals surface area contributed by atoms with Gasteiger partial charge in [-0.05, 0) is 49.7 Å². The van der Waals surface area contributed by atoms with Crippen LogP contribution < -0.4 is 20.7 Å². The van der Waals surface area contributed by atoms with Gasteiger partial charge in [0, 0.05) is 18.8 Å². The van der Waals surface area contributed by atoms with Gasteiger partial charge in [0.15, 0.2) is 5.76 Å². The van der Waals surface area contributed by atoms with Crippen LogP contribution in [0.3, 0.4) is 0 Å². The summed E-state index contributed by atoms with van der Waals surface area (Å²) in [6.07, 6.45) is 2.51. The summed E-state index contributed by atoms with van der Waals surface area (Å²) in [5.41, 5.74) is 0.661. The first-order valence-electron chi connectivity index (χ1n) is 8.21. The van der Waals surface area contributed by atoms with Crippen molar-refractivity contribution in [2.24, 2.45) is 0 Å². The van der Waals surface area contributed by atoms with E-state index in [9.17, 15) is 9.59 Å². The molecule has 0 saturated heterocycles. The van der Waals surface area contributed by atoms with Gasteiger partial charge >= 0.3 is 6.03 Å². The van der Waals surface area contributed by atoms with E-state index in [1.54, 1.807) is 24.3 Å². The van der Waals surface area contributed by atoms with Crippen molar-refractivity contribution in [2.45, 2.75) is 26.4 Å². The summed E-state index contributed by atoms with van der Waals surface area (Å²) in [4.78, 5) is 23.4. The van der Waals surface area contributed by atoms with Gasteiger partial charge in [0.2, 0.25) is 0 Å². The maximum Gasteiger partial charge on any atom is 0.319 e. The van der Waals surface area contributed by atoms with E-state index in [-0.39, 0.29) is 23.8 Å². The topological polar surface area (TPSA) is 92.6 Å². The number of furan rings is 1. The van der Waals surface area contributed by atoms with Crippen molar-refractivity contribution in [1.29, 1.82) is 0 Å². The Labute approximate surface area is 146 Å². The van der Waals surface area contributed by atoms with E-state index >= 15 is 0 Å². The molecule has 25 heavy (non-hydrogen) atoms. The van der Waals surface area contributed by atoms with Gasteiger partial charge in [0.05, 0.1) is 12.4 Å². The zero-order valence-electron chi connectivity index (χ0n) is 14.4. The van der Waals surface area contributed by atoms with E-state index in [1.807, 2.05) is 19.1 Å². The number of amides is 3. The number of carbonyl (C=O) groups excluding carboxylic acids is 2. The molecule has 2 aromatic rings. The van der Waals surface area contributed by atoms with Gasteiger partial charge in [-0.3, -0.25) is 4.79 Å². The Morgan fingerprint density at radius 3 is 2.48 bits per heavy atom. The number of ether oxygens (including phenoxy) is 1. The summed E-state index contributed by atoms with van der Waals surface area (Å²) in [5.74, 6) is 0.689. The fraction of sp³-hybridized carbons (Fsp3) is 0.333.